The van der Waals surface area contributed by atoms with Crippen molar-refractivity contribution in [2.75, 3.05) is 6.61 Å². The van der Waals surface area contributed by atoms with E-state index < -0.39 is 8.32 Å². The second kappa shape index (κ2) is 8.58. The van der Waals surface area contributed by atoms with E-state index >= 15 is 0 Å². The topological polar surface area (TPSA) is 26.3 Å². The van der Waals surface area contributed by atoms with Gasteiger partial charge in [0.1, 0.15) is 5.78 Å². The van der Waals surface area contributed by atoms with Crippen LogP contribution >= 0.6 is 15.9 Å². The number of hydrogen-bond donors (Lipinski definition) is 0. The van der Waals surface area contributed by atoms with Crippen molar-refractivity contribution >= 4 is 30.0 Å². The molecule has 0 N–H and O–H groups in total. The minimum atomic E-state index is -1.74. The van der Waals surface area contributed by atoms with Crippen LogP contribution in [0.4, 0.5) is 0 Å². The van der Waals surface area contributed by atoms with Gasteiger partial charge in [0.2, 0.25) is 0 Å². The molecule has 2 nitrogen and oxygen atoms in total. The van der Waals surface area contributed by atoms with Crippen LogP contribution in [-0.4, -0.2) is 25.5 Å². The summed E-state index contributed by atoms with van der Waals surface area (Å²) in [5.41, 5.74) is 0. The summed E-state index contributed by atoms with van der Waals surface area (Å²) in [6.45, 7) is 13.8. The maximum absolute atomic E-state index is 12.0. The Morgan fingerprint density at radius 3 is 2.26 bits per heavy atom. The first kappa shape index (κ1) is 19.3. The smallest absolute Gasteiger partial charge is 0.192 e. The molecule has 4 heteroatoms. The zero-order chi connectivity index (χ0) is 15.1. The predicted molar refractivity (Wildman–Crippen MR) is 89.6 cm³/mol. The quantitative estimate of drug-likeness (QED) is 0.320. The van der Waals surface area contributed by atoms with E-state index in [1.807, 2.05) is 0 Å². The molecule has 0 aromatic rings. The molecular formula is C15H31BrO2Si. The van der Waals surface area contributed by atoms with E-state index in [0.717, 1.165) is 12.8 Å². The van der Waals surface area contributed by atoms with E-state index in [4.69, 9.17) is 4.43 Å². The largest absolute Gasteiger partial charge is 0.415 e. The number of halogens is 1. The van der Waals surface area contributed by atoms with Gasteiger partial charge in [-0.3, -0.25) is 4.79 Å². The fourth-order valence-corrected chi connectivity index (χ4v) is 3.09. The summed E-state index contributed by atoms with van der Waals surface area (Å²) in [7, 11) is -1.74. The van der Waals surface area contributed by atoms with Gasteiger partial charge in [0.05, 0.1) is 11.4 Å². The molecule has 0 aliphatic heterocycles. The lowest BCUT2D eigenvalue weighted by molar-refractivity contribution is -0.119. The van der Waals surface area contributed by atoms with Gasteiger partial charge in [0.15, 0.2) is 8.32 Å². The van der Waals surface area contributed by atoms with Crippen LogP contribution in [0.3, 0.4) is 0 Å². The van der Waals surface area contributed by atoms with Crippen LogP contribution in [0.2, 0.25) is 18.1 Å². The van der Waals surface area contributed by atoms with Gasteiger partial charge in [-0.25, -0.2) is 0 Å². The SMILES string of the molecule is CCCCCCC(=O)C(Br)CO[Si](C)(C)C(C)(C)C. The summed E-state index contributed by atoms with van der Waals surface area (Å²) >= 11 is 3.48. The molecule has 0 spiro atoms. The molecule has 1 atom stereocenters. The lowest BCUT2D eigenvalue weighted by Crippen LogP contribution is -2.42. The Kier molecular flexibility index (Phi) is 8.73. The molecule has 1 unspecified atom stereocenters. The van der Waals surface area contributed by atoms with E-state index in [2.05, 4.69) is 56.7 Å². The number of rotatable bonds is 9. The number of carbonyl (C=O) groups is 1. The molecule has 0 bridgehead atoms. The number of unbranched alkanes of at least 4 members (excludes halogenated alkanes) is 3. The Morgan fingerprint density at radius 1 is 1.21 bits per heavy atom. The number of ketones is 1. The van der Waals surface area contributed by atoms with E-state index in [0.29, 0.717) is 13.0 Å². The third kappa shape index (κ3) is 7.62. The predicted octanol–water partition coefficient (Wildman–Crippen LogP) is 5.31. The van der Waals surface area contributed by atoms with Crippen molar-refractivity contribution < 1.29 is 9.22 Å². The third-order valence-electron chi connectivity index (χ3n) is 4.02. The lowest BCUT2D eigenvalue weighted by Gasteiger charge is -2.36. The van der Waals surface area contributed by atoms with E-state index in [9.17, 15) is 4.79 Å². The first-order valence-electron chi connectivity index (χ1n) is 7.42. The van der Waals surface area contributed by atoms with Crippen molar-refractivity contribution in [2.24, 2.45) is 0 Å². The molecule has 19 heavy (non-hydrogen) atoms. The summed E-state index contributed by atoms with van der Waals surface area (Å²) in [5, 5.41) is 0.198. The molecule has 0 saturated heterocycles. The van der Waals surface area contributed by atoms with Gasteiger partial charge in [-0.1, -0.05) is 62.9 Å². The minimum Gasteiger partial charge on any atom is -0.415 e. The van der Waals surface area contributed by atoms with Gasteiger partial charge in [0.25, 0.3) is 0 Å². The van der Waals surface area contributed by atoms with E-state index in [-0.39, 0.29) is 15.6 Å². The van der Waals surface area contributed by atoms with Crippen LogP contribution in [0.1, 0.15) is 59.8 Å². The molecule has 0 heterocycles. The Labute approximate surface area is 128 Å². The van der Waals surface area contributed by atoms with Crippen LogP contribution < -0.4 is 0 Å². The average molecular weight is 351 g/mol. The summed E-state index contributed by atoms with van der Waals surface area (Å²) in [6.07, 6.45) is 5.28. The van der Waals surface area contributed by atoms with Crippen molar-refractivity contribution in [3.63, 3.8) is 0 Å². The highest BCUT2D eigenvalue weighted by atomic mass is 79.9. The van der Waals surface area contributed by atoms with Gasteiger partial charge < -0.3 is 4.43 Å². The fourth-order valence-electron chi connectivity index (χ4n) is 1.47. The maximum atomic E-state index is 12.0. The van der Waals surface area contributed by atoms with Crippen molar-refractivity contribution in [3.05, 3.63) is 0 Å². The normalized spacial score (nSPS) is 14.5. The first-order valence-corrected chi connectivity index (χ1v) is 11.2. The molecule has 0 aliphatic rings. The minimum absolute atomic E-state index is 0.136. The second-order valence-electron chi connectivity index (χ2n) is 6.82. The van der Waals surface area contributed by atoms with Crippen molar-refractivity contribution in [1.29, 1.82) is 0 Å². The highest BCUT2D eigenvalue weighted by molar-refractivity contribution is 9.10. The molecule has 0 aromatic carbocycles. The molecule has 0 aromatic heterocycles. The highest BCUT2D eigenvalue weighted by Crippen LogP contribution is 2.36. The second-order valence-corrected chi connectivity index (χ2v) is 12.7. The Balaban J connectivity index is 4.03. The fraction of sp³-hybridized carbons (Fsp3) is 0.933. The molecular weight excluding hydrogens is 320 g/mol. The molecule has 114 valence electrons. The molecule has 0 amide bonds. The summed E-state index contributed by atoms with van der Waals surface area (Å²) in [4.78, 5) is 11.8. The average Bonchev–Trinajstić information content (AvgIpc) is 2.30. The van der Waals surface area contributed by atoms with Crippen LogP contribution in [0.25, 0.3) is 0 Å². The summed E-state index contributed by atoms with van der Waals surface area (Å²) in [6, 6.07) is 0. The van der Waals surface area contributed by atoms with E-state index in [1.165, 1.54) is 12.8 Å². The Bertz CT molecular complexity index is 272. The lowest BCUT2D eigenvalue weighted by atomic mass is 10.1. The first-order chi connectivity index (χ1) is 8.62. The number of hydrogen-bond acceptors (Lipinski definition) is 2. The number of alkyl halides is 1. The van der Waals surface area contributed by atoms with Gasteiger partial charge in [-0.2, -0.15) is 0 Å². The summed E-state index contributed by atoms with van der Waals surface area (Å²) < 4.78 is 6.08. The summed E-state index contributed by atoms with van der Waals surface area (Å²) in [5.74, 6) is 0.287. The third-order valence-corrected chi connectivity index (χ3v) is 9.30. The number of Topliss-reactive ketones (excluding diaryl/α,β-unsaturated/α-hetero) is 1. The monoisotopic (exact) mass is 350 g/mol. The van der Waals surface area contributed by atoms with Crippen LogP contribution in [-0.2, 0) is 9.22 Å². The van der Waals surface area contributed by atoms with Crippen molar-refractivity contribution in [2.45, 2.75) is 82.8 Å². The number of carbonyl (C=O) groups excluding carboxylic acids is 1. The Hall–Kier alpha value is 0.327. The zero-order valence-electron chi connectivity index (χ0n) is 13.5. The molecule has 0 radical (unpaired) electrons. The molecule has 0 rings (SSSR count). The van der Waals surface area contributed by atoms with Gasteiger partial charge >= 0.3 is 0 Å². The maximum Gasteiger partial charge on any atom is 0.192 e. The van der Waals surface area contributed by atoms with Gasteiger partial charge in [-0.05, 0) is 24.6 Å². The van der Waals surface area contributed by atoms with Gasteiger partial charge in [0, 0.05) is 6.42 Å². The van der Waals surface area contributed by atoms with Crippen LogP contribution in [0.15, 0.2) is 0 Å². The highest BCUT2D eigenvalue weighted by Gasteiger charge is 2.37. The Morgan fingerprint density at radius 2 is 1.79 bits per heavy atom. The van der Waals surface area contributed by atoms with Gasteiger partial charge in [-0.15, -0.1) is 0 Å². The van der Waals surface area contributed by atoms with Crippen LogP contribution in [0.5, 0.6) is 0 Å². The molecule has 0 saturated carbocycles. The molecule has 0 aliphatic carbocycles. The van der Waals surface area contributed by atoms with Crippen molar-refractivity contribution in [3.8, 4) is 0 Å². The van der Waals surface area contributed by atoms with E-state index in [1.54, 1.807) is 0 Å². The van der Waals surface area contributed by atoms with Crippen molar-refractivity contribution in [1.82, 2.24) is 0 Å². The zero-order valence-corrected chi connectivity index (χ0v) is 16.1. The van der Waals surface area contributed by atoms with Crippen LogP contribution in [0, 0.1) is 0 Å². The molecule has 0 fully saturated rings. The standard InChI is InChI=1S/C15H31BrO2Si/c1-7-8-9-10-11-14(17)13(16)12-18-19(5,6)15(2,3)4/h13H,7-12H2,1-6H3.